The molecule has 6 heterocycles. The molecule has 0 spiro atoms. The number of hydrogen-bond acceptors (Lipinski definition) is 2. The Hall–Kier alpha value is -4.58. The number of pyridine rings is 2. The van der Waals surface area contributed by atoms with Gasteiger partial charge in [-0.15, -0.1) is 0 Å². The molecule has 0 bridgehead atoms. The van der Waals surface area contributed by atoms with E-state index in [2.05, 4.69) is 141 Å². The lowest BCUT2D eigenvalue weighted by molar-refractivity contribution is 0.739. The lowest BCUT2D eigenvalue weighted by Crippen LogP contribution is -2.07. The highest BCUT2D eigenvalue weighted by atomic mass is 15.0. The van der Waals surface area contributed by atoms with Crippen LogP contribution in [0.15, 0.2) is 122 Å². The quantitative estimate of drug-likeness (QED) is 0.277. The molecule has 0 unspecified atom stereocenters. The lowest BCUT2D eigenvalue weighted by Gasteiger charge is -2.14. The van der Waals surface area contributed by atoms with Crippen LogP contribution < -0.4 is 0 Å². The second kappa shape index (κ2) is 9.96. The molecule has 0 aliphatic rings. The monoisotopic (exact) mass is 472 g/mol. The van der Waals surface area contributed by atoms with Crippen LogP contribution in [0.3, 0.4) is 0 Å². The Morgan fingerprint density at radius 3 is 0.806 bits per heavy atom. The fourth-order valence-electron chi connectivity index (χ4n) is 4.61. The maximum absolute atomic E-state index is 5.01. The van der Waals surface area contributed by atoms with Gasteiger partial charge in [0, 0.05) is 49.6 Å². The SMILES string of the molecule is c1ccn(Cc2cc(-c3cc(Cn4cccc4)nc(Cn4cccc4)c3)cc(Cn3cccc3)n2)c1. The van der Waals surface area contributed by atoms with Crippen LogP contribution in [0.1, 0.15) is 22.8 Å². The van der Waals surface area contributed by atoms with E-state index in [1.807, 2.05) is 0 Å². The molecule has 6 nitrogen and oxygen atoms in total. The van der Waals surface area contributed by atoms with E-state index < -0.39 is 0 Å². The molecule has 6 rings (SSSR count). The van der Waals surface area contributed by atoms with Gasteiger partial charge in [-0.25, -0.2) is 0 Å². The van der Waals surface area contributed by atoms with Crippen molar-refractivity contribution in [2.24, 2.45) is 0 Å². The molecule has 0 fully saturated rings. The smallest absolute Gasteiger partial charge is 0.0643 e. The fourth-order valence-corrected chi connectivity index (χ4v) is 4.61. The van der Waals surface area contributed by atoms with E-state index >= 15 is 0 Å². The molecule has 0 saturated carbocycles. The third kappa shape index (κ3) is 5.23. The van der Waals surface area contributed by atoms with Gasteiger partial charge in [-0.2, -0.15) is 0 Å². The summed E-state index contributed by atoms with van der Waals surface area (Å²) in [4.78, 5) is 10.0. The van der Waals surface area contributed by atoms with Crippen LogP contribution >= 0.6 is 0 Å². The summed E-state index contributed by atoms with van der Waals surface area (Å²) in [6, 6.07) is 25.3. The average Bonchev–Trinajstić information content (AvgIpc) is 3.68. The minimum atomic E-state index is 0.733. The molecule has 0 atom stereocenters. The maximum Gasteiger partial charge on any atom is 0.0643 e. The van der Waals surface area contributed by atoms with Crippen LogP contribution in [-0.4, -0.2) is 28.2 Å². The Kier molecular flexibility index (Phi) is 6.06. The number of hydrogen-bond donors (Lipinski definition) is 0. The maximum atomic E-state index is 5.01. The van der Waals surface area contributed by atoms with Gasteiger partial charge in [-0.1, -0.05) is 0 Å². The van der Waals surface area contributed by atoms with Crippen molar-refractivity contribution >= 4 is 0 Å². The van der Waals surface area contributed by atoms with Crippen molar-refractivity contribution in [3.05, 3.63) is 145 Å². The summed E-state index contributed by atoms with van der Waals surface area (Å²) in [6.07, 6.45) is 16.6. The van der Waals surface area contributed by atoms with Gasteiger partial charge in [0.15, 0.2) is 0 Å². The molecule has 0 radical (unpaired) electrons. The predicted octanol–water partition coefficient (Wildman–Crippen LogP) is 5.54. The summed E-state index contributed by atoms with van der Waals surface area (Å²) in [5, 5.41) is 0. The van der Waals surface area contributed by atoms with Crippen molar-refractivity contribution in [2.75, 3.05) is 0 Å². The molecular weight excluding hydrogens is 444 g/mol. The topological polar surface area (TPSA) is 45.5 Å². The zero-order valence-electron chi connectivity index (χ0n) is 20.1. The van der Waals surface area contributed by atoms with Crippen LogP contribution in [0.5, 0.6) is 0 Å². The first kappa shape index (κ1) is 21.9. The minimum absolute atomic E-state index is 0.733. The van der Waals surface area contributed by atoms with Crippen molar-refractivity contribution in [3.63, 3.8) is 0 Å². The minimum Gasteiger partial charge on any atom is -0.348 e. The first-order chi connectivity index (χ1) is 17.8. The first-order valence-corrected chi connectivity index (χ1v) is 12.2. The summed E-state index contributed by atoms with van der Waals surface area (Å²) in [5.41, 5.74) is 6.50. The Balaban J connectivity index is 1.41. The molecule has 0 N–H and O–H groups in total. The van der Waals surface area contributed by atoms with Gasteiger partial charge in [-0.05, 0) is 83.9 Å². The second-order valence-electron chi connectivity index (χ2n) is 9.10. The van der Waals surface area contributed by atoms with Crippen LogP contribution in [-0.2, 0) is 26.2 Å². The van der Waals surface area contributed by atoms with Crippen molar-refractivity contribution < 1.29 is 0 Å². The third-order valence-electron chi connectivity index (χ3n) is 6.24. The molecule has 0 aliphatic heterocycles. The molecule has 6 aromatic heterocycles. The van der Waals surface area contributed by atoms with E-state index in [1.54, 1.807) is 0 Å². The van der Waals surface area contributed by atoms with E-state index in [4.69, 9.17) is 9.97 Å². The molecule has 0 saturated heterocycles. The van der Waals surface area contributed by atoms with Gasteiger partial charge < -0.3 is 18.3 Å². The Morgan fingerprint density at radius 1 is 0.361 bits per heavy atom. The summed E-state index contributed by atoms with van der Waals surface area (Å²) in [6.45, 7) is 2.93. The van der Waals surface area contributed by atoms with Gasteiger partial charge in [0.25, 0.3) is 0 Å². The van der Waals surface area contributed by atoms with Gasteiger partial charge in [0.1, 0.15) is 0 Å². The predicted molar refractivity (Wildman–Crippen MR) is 142 cm³/mol. The molecule has 0 aliphatic carbocycles. The van der Waals surface area contributed by atoms with Crippen molar-refractivity contribution in [3.8, 4) is 11.1 Å². The molecule has 178 valence electrons. The van der Waals surface area contributed by atoms with Gasteiger partial charge in [0.2, 0.25) is 0 Å². The highest BCUT2D eigenvalue weighted by Crippen LogP contribution is 2.25. The number of aromatic nitrogens is 6. The summed E-state index contributed by atoms with van der Waals surface area (Å²) < 4.78 is 8.64. The Bertz CT molecular complexity index is 1280. The highest BCUT2D eigenvalue weighted by Gasteiger charge is 2.11. The zero-order valence-corrected chi connectivity index (χ0v) is 20.1. The Labute approximate surface area is 210 Å². The average molecular weight is 473 g/mol. The third-order valence-corrected chi connectivity index (χ3v) is 6.24. The second-order valence-corrected chi connectivity index (χ2v) is 9.10. The summed E-state index contributed by atoms with van der Waals surface area (Å²) >= 11 is 0. The van der Waals surface area contributed by atoms with E-state index in [0.29, 0.717) is 0 Å². The number of rotatable bonds is 9. The lowest BCUT2D eigenvalue weighted by atomic mass is 10.0. The van der Waals surface area contributed by atoms with Crippen molar-refractivity contribution in [1.82, 2.24) is 28.2 Å². The van der Waals surface area contributed by atoms with Gasteiger partial charge in [-0.3, -0.25) is 9.97 Å². The molecule has 6 heteroatoms. The molecule has 36 heavy (non-hydrogen) atoms. The van der Waals surface area contributed by atoms with Crippen LogP contribution in [0.25, 0.3) is 11.1 Å². The highest BCUT2D eigenvalue weighted by molar-refractivity contribution is 5.65. The van der Waals surface area contributed by atoms with E-state index in [-0.39, 0.29) is 0 Å². The van der Waals surface area contributed by atoms with E-state index in [1.165, 1.54) is 11.1 Å². The van der Waals surface area contributed by atoms with Crippen LogP contribution in [0.2, 0.25) is 0 Å². The zero-order chi connectivity index (χ0) is 24.2. The largest absolute Gasteiger partial charge is 0.348 e. The molecular formula is C30H28N6. The van der Waals surface area contributed by atoms with E-state index in [9.17, 15) is 0 Å². The van der Waals surface area contributed by atoms with Crippen molar-refractivity contribution in [2.45, 2.75) is 26.2 Å². The number of nitrogens with zero attached hydrogens (tertiary/aromatic N) is 6. The first-order valence-electron chi connectivity index (χ1n) is 12.2. The van der Waals surface area contributed by atoms with Gasteiger partial charge in [0.05, 0.1) is 49.0 Å². The van der Waals surface area contributed by atoms with Gasteiger partial charge >= 0.3 is 0 Å². The van der Waals surface area contributed by atoms with Crippen LogP contribution in [0.4, 0.5) is 0 Å². The Morgan fingerprint density at radius 2 is 0.583 bits per heavy atom. The molecule has 6 aromatic rings. The van der Waals surface area contributed by atoms with Crippen LogP contribution in [0, 0.1) is 0 Å². The molecule has 0 amide bonds. The molecule has 0 aromatic carbocycles. The standard InChI is InChI=1S/C30H28N6/c1-2-10-33(9-1)21-27-17-25(18-28(31-27)22-34-11-3-4-12-34)26-19-29(23-35-13-5-6-14-35)32-30(20-26)24-36-15-7-8-16-36/h1-20H,21-24H2. The summed E-state index contributed by atoms with van der Waals surface area (Å²) in [5.74, 6) is 0. The van der Waals surface area contributed by atoms with Crippen molar-refractivity contribution in [1.29, 1.82) is 0 Å². The van der Waals surface area contributed by atoms with E-state index in [0.717, 1.165) is 49.0 Å². The normalized spacial score (nSPS) is 11.2. The fraction of sp³-hybridized carbons (Fsp3) is 0.133. The summed E-state index contributed by atoms with van der Waals surface area (Å²) in [7, 11) is 0.